The first-order valence-electron chi connectivity index (χ1n) is 5.53. The lowest BCUT2D eigenvalue weighted by Gasteiger charge is -2.09. The third-order valence-corrected chi connectivity index (χ3v) is 2.35. The minimum absolute atomic E-state index is 0.493. The van der Waals surface area contributed by atoms with E-state index >= 15 is 0 Å². The van der Waals surface area contributed by atoms with Gasteiger partial charge in [-0.2, -0.15) is 0 Å². The van der Waals surface area contributed by atoms with Gasteiger partial charge >= 0.3 is 0 Å². The average molecular weight is 202 g/mol. The molecule has 1 saturated heterocycles. The zero-order chi connectivity index (χ0) is 10.1. The topological polar surface area (TPSA) is 56.5 Å². The van der Waals surface area contributed by atoms with Gasteiger partial charge in [0.05, 0.1) is 19.3 Å². The third kappa shape index (κ3) is 5.54. The standard InChI is InChI=1S/C10H22N2O2/c11-4-8-13-9-6-12-5-3-10-2-1-7-14-10/h10,12H,1-9,11H2. The van der Waals surface area contributed by atoms with Crippen LogP contribution in [0.2, 0.25) is 0 Å². The monoisotopic (exact) mass is 202 g/mol. The van der Waals surface area contributed by atoms with Gasteiger partial charge in [-0.15, -0.1) is 0 Å². The maximum Gasteiger partial charge on any atom is 0.0591 e. The van der Waals surface area contributed by atoms with E-state index in [1.807, 2.05) is 0 Å². The van der Waals surface area contributed by atoms with Gasteiger partial charge in [-0.3, -0.25) is 0 Å². The largest absolute Gasteiger partial charge is 0.379 e. The summed E-state index contributed by atoms with van der Waals surface area (Å²) in [7, 11) is 0. The van der Waals surface area contributed by atoms with Gasteiger partial charge in [0.2, 0.25) is 0 Å². The molecule has 1 rings (SSSR count). The molecular formula is C10H22N2O2. The van der Waals surface area contributed by atoms with Crippen LogP contribution in [0.25, 0.3) is 0 Å². The molecule has 3 N–H and O–H groups in total. The summed E-state index contributed by atoms with van der Waals surface area (Å²) in [5, 5.41) is 3.33. The number of hydrogen-bond donors (Lipinski definition) is 2. The predicted octanol–water partition coefficient (Wildman–Crippen LogP) is 0.120. The highest BCUT2D eigenvalue weighted by Gasteiger charge is 2.13. The second-order valence-electron chi connectivity index (χ2n) is 3.57. The van der Waals surface area contributed by atoms with Crippen LogP contribution in [0.4, 0.5) is 0 Å². The molecule has 1 fully saturated rings. The zero-order valence-corrected chi connectivity index (χ0v) is 8.84. The van der Waals surface area contributed by atoms with Crippen LogP contribution in [-0.4, -0.2) is 45.6 Å². The van der Waals surface area contributed by atoms with Crippen LogP contribution in [0.15, 0.2) is 0 Å². The summed E-state index contributed by atoms with van der Waals surface area (Å²) in [5.41, 5.74) is 5.29. The number of ether oxygens (including phenoxy) is 2. The van der Waals surface area contributed by atoms with Crippen molar-refractivity contribution in [3.63, 3.8) is 0 Å². The zero-order valence-electron chi connectivity index (χ0n) is 8.84. The molecular weight excluding hydrogens is 180 g/mol. The van der Waals surface area contributed by atoms with Gasteiger partial charge < -0.3 is 20.5 Å². The van der Waals surface area contributed by atoms with E-state index in [2.05, 4.69) is 5.32 Å². The first kappa shape index (κ1) is 11.9. The van der Waals surface area contributed by atoms with Crippen molar-refractivity contribution in [3.05, 3.63) is 0 Å². The average Bonchev–Trinajstić information content (AvgIpc) is 2.69. The van der Waals surface area contributed by atoms with Crippen molar-refractivity contribution in [1.82, 2.24) is 5.32 Å². The summed E-state index contributed by atoms with van der Waals surface area (Å²) in [6.45, 7) is 4.90. The first-order valence-corrected chi connectivity index (χ1v) is 5.53. The summed E-state index contributed by atoms with van der Waals surface area (Å²) in [6, 6.07) is 0. The molecule has 0 bridgehead atoms. The van der Waals surface area contributed by atoms with E-state index in [0.717, 1.165) is 32.7 Å². The summed E-state index contributed by atoms with van der Waals surface area (Å²) < 4.78 is 10.7. The molecule has 14 heavy (non-hydrogen) atoms. The van der Waals surface area contributed by atoms with Gasteiger partial charge in [-0.05, 0) is 25.8 Å². The maximum atomic E-state index is 5.51. The minimum Gasteiger partial charge on any atom is -0.379 e. The highest BCUT2D eigenvalue weighted by Crippen LogP contribution is 2.14. The molecule has 0 aromatic carbocycles. The van der Waals surface area contributed by atoms with Crippen molar-refractivity contribution in [1.29, 1.82) is 0 Å². The Kier molecular flexibility index (Phi) is 6.95. The lowest BCUT2D eigenvalue weighted by molar-refractivity contribution is 0.102. The van der Waals surface area contributed by atoms with Crippen LogP contribution in [0, 0.1) is 0 Å². The number of nitrogens with two attached hydrogens (primary N) is 1. The van der Waals surface area contributed by atoms with Crippen molar-refractivity contribution in [2.24, 2.45) is 5.73 Å². The molecule has 1 aliphatic rings. The Bertz CT molecular complexity index is 127. The number of hydrogen-bond acceptors (Lipinski definition) is 4. The second-order valence-corrected chi connectivity index (χ2v) is 3.57. The summed E-state index contributed by atoms with van der Waals surface area (Å²) in [6.07, 6.45) is 4.07. The molecule has 84 valence electrons. The van der Waals surface area contributed by atoms with E-state index in [-0.39, 0.29) is 0 Å². The summed E-state index contributed by atoms with van der Waals surface area (Å²) >= 11 is 0. The molecule has 4 nitrogen and oxygen atoms in total. The third-order valence-electron chi connectivity index (χ3n) is 2.35. The van der Waals surface area contributed by atoms with Gasteiger partial charge in [0.15, 0.2) is 0 Å². The molecule has 0 spiro atoms. The van der Waals surface area contributed by atoms with E-state index in [0.29, 0.717) is 19.3 Å². The Balaban J connectivity index is 1.75. The number of nitrogens with one attached hydrogen (secondary N) is 1. The fourth-order valence-electron chi connectivity index (χ4n) is 1.59. The van der Waals surface area contributed by atoms with Gasteiger partial charge in [0.1, 0.15) is 0 Å². The van der Waals surface area contributed by atoms with Crippen LogP contribution in [0.5, 0.6) is 0 Å². The van der Waals surface area contributed by atoms with Crippen molar-refractivity contribution >= 4 is 0 Å². The van der Waals surface area contributed by atoms with E-state index in [4.69, 9.17) is 15.2 Å². The normalized spacial score (nSPS) is 21.6. The molecule has 0 aromatic rings. The molecule has 1 aliphatic heterocycles. The molecule has 1 unspecified atom stereocenters. The van der Waals surface area contributed by atoms with Crippen molar-refractivity contribution in [3.8, 4) is 0 Å². The van der Waals surface area contributed by atoms with E-state index in [1.165, 1.54) is 12.8 Å². The maximum absolute atomic E-state index is 5.51. The molecule has 0 aliphatic carbocycles. The minimum atomic E-state index is 0.493. The fourth-order valence-corrected chi connectivity index (χ4v) is 1.59. The van der Waals surface area contributed by atoms with Gasteiger partial charge in [0, 0.05) is 19.7 Å². The highest BCUT2D eigenvalue weighted by atomic mass is 16.5. The highest BCUT2D eigenvalue weighted by molar-refractivity contribution is 4.65. The van der Waals surface area contributed by atoms with Crippen LogP contribution < -0.4 is 11.1 Å². The Morgan fingerprint density at radius 1 is 1.36 bits per heavy atom. The summed E-state index contributed by atoms with van der Waals surface area (Å²) in [5.74, 6) is 0. The Labute approximate surface area is 86.1 Å². The van der Waals surface area contributed by atoms with Crippen molar-refractivity contribution in [2.45, 2.75) is 25.4 Å². The fraction of sp³-hybridized carbons (Fsp3) is 1.00. The van der Waals surface area contributed by atoms with Crippen LogP contribution in [0.1, 0.15) is 19.3 Å². The smallest absolute Gasteiger partial charge is 0.0591 e. The Hall–Kier alpha value is -0.160. The SMILES string of the molecule is NCCOCCNCCC1CCCO1. The number of rotatable bonds is 8. The second kappa shape index (κ2) is 8.17. The van der Waals surface area contributed by atoms with E-state index in [9.17, 15) is 0 Å². The van der Waals surface area contributed by atoms with Crippen molar-refractivity contribution < 1.29 is 9.47 Å². The molecule has 0 saturated carbocycles. The quantitative estimate of drug-likeness (QED) is 0.549. The Morgan fingerprint density at radius 3 is 3.00 bits per heavy atom. The van der Waals surface area contributed by atoms with Crippen LogP contribution in [0.3, 0.4) is 0 Å². The van der Waals surface area contributed by atoms with Crippen molar-refractivity contribution in [2.75, 3.05) is 39.5 Å². The molecule has 0 radical (unpaired) electrons. The summed E-state index contributed by atoms with van der Waals surface area (Å²) in [4.78, 5) is 0. The first-order chi connectivity index (χ1) is 6.93. The molecule has 1 heterocycles. The molecule has 1 atom stereocenters. The molecule has 0 aromatic heterocycles. The van der Waals surface area contributed by atoms with Crippen LogP contribution >= 0.6 is 0 Å². The van der Waals surface area contributed by atoms with Gasteiger partial charge in [-0.25, -0.2) is 0 Å². The molecule has 4 heteroatoms. The lowest BCUT2D eigenvalue weighted by atomic mass is 10.2. The Morgan fingerprint density at radius 2 is 2.29 bits per heavy atom. The van der Waals surface area contributed by atoms with E-state index < -0.39 is 0 Å². The lowest BCUT2D eigenvalue weighted by Crippen LogP contribution is -2.24. The van der Waals surface area contributed by atoms with Gasteiger partial charge in [0.25, 0.3) is 0 Å². The van der Waals surface area contributed by atoms with E-state index in [1.54, 1.807) is 0 Å². The van der Waals surface area contributed by atoms with Crippen LogP contribution in [-0.2, 0) is 9.47 Å². The molecule has 0 amide bonds. The predicted molar refractivity (Wildman–Crippen MR) is 56.3 cm³/mol. The van der Waals surface area contributed by atoms with Gasteiger partial charge in [-0.1, -0.05) is 0 Å².